The second-order valence-electron chi connectivity index (χ2n) is 9.71. The maximum atomic E-state index is 13.6. The number of hydrogen-bond acceptors (Lipinski definition) is 8. The molecule has 2 unspecified atom stereocenters. The number of non-ortho nitro benzene ring substituents is 1. The van der Waals surface area contributed by atoms with Crippen molar-refractivity contribution >= 4 is 17.6 Å². The zero-order chi connectivity index (χ0) is 27.4. The van der Waals surface area contributed by atoms with Gasteiger partial charge in [0.15, 0.2) is 0 Å². The van der Waals surface area contributed by atoms with E-state index in [-0.39, 0.29) is 29.0 Å². The molecular formula is C29H33N3O6. The summed E-state index contributed by atoms with van der Waals surface area (Å²) in [5.74, 6) is -2.03. The van der Waals surface area contributed by atoms with Crippen molar-refractivity contribution in [2.75, 3.05) is 20.2 Å². The van der Waals surface area contributed by atoms with Gasteiger partial charge in [0, 0.05) is 42.7 Å². The van der Waals surface area contributed by atoms with Crippen LogP contribution in [0.15, 0.2) is 77.1 Å². The number of rotatable bonds is 7. The molecule has 9 heteroatoms. The largest absolute Gasteiger partial charge is 0.466 e. The van der Waals surface area contributed by atoms with Gasteiger partial charge in [-0.3, -0.25) is 15.0 Å². The molecule has 0 amide bonds. The minimum atomic E-state index is -0.866. The average molecular weight is 520 g/mol. The van der Waals surface area contributed by atoms with E-state index >= 15 is 0 Å². The molecule has 1 N–H and O–H groups in total. The molecule has 2 aromatic carbocycles. The van der Waals surface area contributed by atoms with Gasteiger partial charge in [0.2, 0.25) is 0 Å². The van der Waals surface area contributed by atoms with Crippen molar-refractivity contribution in [2.24, 2.45) is 0 Å². The number of ether oxygens (including phenoxy) is 2. The van der Waals surface area contributed by atoms with E-state index in [1.807, 2.05) is 18.2 Å². The maximum Gasteiger partial charge on any atom is 0.337 e. The minimum Gasteiger partial charge on any atom is -0.466 e. The van der Waals surface area contributed by atoms with Crippen molar-refractivity contribution in [3.63, 3.8) is 0 Å². The molecule has 4 rings (SSSR count). The Morgan fingerprint density at radius 2 is 1.63 bits per heavy atom. The highest BCUT2D eigenvalue weighted by atomic mass is 16.6. The molecule has 200 valence electrons. The highest BCUT2D eigenvalue weighted by Gasteiger charge is 2.39. The summed E-state index contributed by atoms with van der Waals surface area (Å²) in [7, 11) is 1.26. The van der Waals surface area contributed by atoms with Gasteiger partial charge in [-0.2, -0.15) is 0 Å². The van der Waals surface area contributed by atoms with E-state index in [0.717, 1.165) is 13.1 Å². The smallest absolute Gasteiger partial charge is 0.337 e. The Balaban J connectivity index is 1.56. The third kappa shape index (κ3) is 5.62. The normalized spacial score (nSPS) is 19.5. The van der Waals surface area contributed by atoms with Crippen LogP contribution in [-0.4, -0.2) is 48.1 Å². The standard InChI is InChI=1S/C29H33N3O6/c1-18-25(28(33)37-4)27(22-11-8-12-23(17-22)32(35)36)26(19(2)30-18)29(34)38-24-13-15-31(16-14-24)20(3)21-9-6-5-7-10-21/h5-12,17,20,24,27,30H,13-16H2,1-4H3. The predicted octanol–water partition coefficient (Wildman–Crippen LogP) is 4.77. The molecular weight excluding hydrogens is 486 g/mol. The Kier molecular flexibility index (Phi) is 8.26. The molecule has 2 aliphatic rings. The number of esters is 2. The van der Waals surface area contributed by atoms with Gasteiger partial charge in [-0.1, -0.05) is 42.5 Å². The summed E-state index contributed by atoms with van der Waals surface area (Å²) in [6, 6.07) is 16.5. The molecule has 0 radical (unpaired) electrons. The topological polar surface area (TPSA) is 111 Å². The second kappa shape index (κ2) is 11.6. The van der Waals surface area contributed by atoms with Crippen LogP contribution in [0.5, 0.6) is 0 Å². The lowest BCUT2D eigenvalue weighted by Crippen LogP contribution is -2.40. The van der Waals surface area contributed by atoms with E-state index in [2.05, 4.69) is 29.3 Å². The summed E-state index contributed by atoms with van der Waals surface area (Å²) in [6.07, 6.45) is 1.09. The van der Waals surface area contributed by atoms with Gasteiger partial charge >= 0.3 is 11.9 Å². The summed E-state index contributed by atoms with van der Waals surface area (Å²) in [4.78, 5) is 39.8. The first-order valence-electron chi connectivity index (χ1n) is 12.7. The fourth-order valence-electron chi connectivity index (χ4n) is 5.33. The Morgan fingerprint density at radius 3 is 2.24 bits per heavy atom. The first-order valence-corrected chi connectivity index (χ1v) is 12.7. The van der Waals surface area contributed by atoms with Gasteiger partial charge in [-0.15, -0.1) is 0 Å². The van der Waals surface area contributed by atoms with Crippen molar-refractivity contribution < 1.29 is 24.0 Å². The van der Waals surface area contributed by atoms with Crippen LogP contribution in [-0.2, 0) is 19.1 Å². The van der Waals surface area contributed by atoms with Gasteiger partial charge in [0.25, 0.3) is 5.69 Å². The van der Waals surface area contributed by atoms with Gasteiger partial charge in [0.05, 0.1) is 29.1 Å². The van der Waals surface area contributed by atoms with Crippen LogP contribution < -0.4 is 5.32 Å². The van der Waals surface area contributed by atoms with Crippen molar-refractivity contribution in [1.29, 1.82) is 0 Å². The van der Waals surface area contributed by atoms with E-state index in [0.29, 0.717) is 29.8 Å². The number of carbonyl (C=O) groups excluding carboxylic acids is 2. The fourth-order valence-corrected chi connectivity index (χ4v) is 5.33. The quantitative estimate of drug-likeness (QED) is 0.316. The Morgan fingerprint density at radius 1 is 1.00 bits per heavy atom. The Labute approximate surface area is 222 Å². The summed E-state index contributed by atoms with van der Waals surface area (Å²) >= 11 is 0. The molecule has 1 saturated heterocycles. The molecule has 1 fully saturated rings. The lowest BCUT2D eigenvalue weighted by atomic mass is 9.80. The number of nitro benzene ring substituents is 1. The number of nitrogens with zero attached hydrogens (tertiary/aromatic N) is 2. The number of piperidine rings is 1. The number of nitro groups is 1. The van der Waals surface area contributed by atoms with Crippen molar-refractivity contribution in [3.05, 3.63) is 98.4 Å². The number of hydrogen-bond donors (Lipinski definition) is 1. The molecule has 2 aliphatic heterocycles. The number of benzene rings is 2. The molecule has 0 bridgehead atoms. The highest BCUT2D eigenvalue weighted by molar-refractivity contribution is 6.00. The van der Waals surface area contributed by atoms with Crippen molar-refractivity contribution in [3.8, 4) is 0 Å². The monoisotopic (exact) mass is 519 g/mol. The van der Waals surface area contributed by atoms with Crippen molar-refractivity contribution in [2.45, 2.75) is 51.7 Å². The minimum absolute atomic E-state index is 0.131. The zero-order valence-corrected chi connectivity index (χ0v) is 22.1. The number of allylic oxidation sites excluding steroid dienone is 2. The molecule has 2 atom stereocenters. The summed E-state index contributed by atoms with van der Waals surface area (Å²) in [5, 5.41) is 14.6. The lowest BCUT2D eigenvalue weighted by Gasteiger charge is -2.36. The second-order valence-corrected chi connectivity index (χ2v) is 9.71. The van der Waals surface area contributed by atoms with Gasteiger partial charge in [0.1, 0.15) is 6.10 Å². The maximum absolute atomic E-state index is 13.6. The van der Waals surface area contributed by atoms with Crippen LogP contribution in [0.2, 0.25) is 0 Å². The van der Waals surface area contributed by atoms with Crippen LogP contribution in [0.3, 0.4) is 0 Å². The molecule has 38 heavy (non-hydrogen) atoms. The van der Waals surface area contributed by atoms with E-state index in [1.54, 1.807) is 26.0 Å². The predicted molar refractivity (Wildman–Crippen MR) is 142 cm³/mol. The molecule has 0 aromatic heterocycles. The van der Waals surface area contributed by atoms with Crippen LogP contribution in [0, 0.1) is 10.1 Å². The van der Waals surface area contributed by atoms with Crippen molar-refractivity contribution in [1.82, 2.24) is 10.2 Å². The third-order valence-corrected chi connectivity index (χ3v) is 7.38. The zero-order valence-electron chi connectivity index (χ0n) is 22.1. The van der Waals surface area contributed by atoms with E-state index in [1.165, 1.54) is 24.8 Å². The van der Waals surface area contributed by atoms with Gasteiger partial charge in [-0.05, 0) is 44.7 Å². The third-order valence-electron chi connectivity index (χ3n) is 7.38. The highest BCUT2D eigenvalue weighted by Crippen LogP contribution is 2.40. The molecule has 2 aromatic rings. The number of dihydropyridines is 1. The van der Waals surface area contributed by atoms with Crippen LogP contribution in [0.1, 0.15) is 56.7 Å². The van der Waals surface area contributed by atoms with Gasteiger partial charge < -0.3 is 14.8 Å². The van der Waals surface area contributed by atoms with E-state index in [9.17, 15) is 19.7 Å². The number of carbonyl (C=O) groups is 2. The van der Waals surface area contributed by atoms with Crippen LogP contribution >= 0.6 is 0 Å². The average Bonchev–Trinajstić information content (AvgIpc) is 2.92. The van der Waals surface area contributed by atoms with E-state index < -0.39 is 22.8 Å². The van der Waals surface area contributed by atoms with Gasteiger partial charge in [-0.25, -0.2) is 9.59 Å². The Bertz CT molecular complexity index is 1280. The number of nitrogens with one attached hydrogen (secondary N) is 1. The Hall–Kier alpha value is -3.98. The summed E-state index contributed by atoms with van der Waals surface area (Å²) in [5.41, 5.74) is 3.08. The van der Waals surface area contributed by atoms with E-state index in [4.69, 9.17) is 9.47 Å². The fraction of sp³-hybridized carbons (Fsp3) is 0.379. The number of methoxy groups -OCH3 is 1. The number of likely N-dealkylation sites (tertiary alicyclic amines) is 1. The lowest BCUT2D eigenvalue weighted by molar-refractivity contribution is -0.384. The summed E-state index contributed by atoms with van der Waals surface area (Å²) < 4.78 is 11.0. The first-order chi connectivity index (χ1) is 18.2. The van der Waals surface area contributed by atoms with Crippen LogP contribution in [0.4, 0.5) is 5.69 Å². The molecule has 0 saturated carbocycles. The molecule has 0 aliphatic carbocycles. The summed E-state index contributed by atoms with van der Waals surface area (Å²) in [6.45, 7) is 7.20. The molecule has 2 heterocycles. The molecule has 0 spiro atoms. The van der Waals surface area contributed by atoms with Crippen LogP contribution in [0.25, 0.3) is 0 Å². The molecule has 9 nitrogen and oxygen atoms in total. The SMILES string of the molecule is COC(=O)C1=C(C)NC(C)=C(C(=O)OC2CCN(C(C)c3ccccc3)CC2)C1c1cccc([N+](=O)[O-])c1. The first kappa shape index (κ1) is 27.1.